The third-order valence-electron chi connectivity index (χ3n) is 4.21. The summed E-state index contributed by atoms with van der Waals surface area (Å²) in [6.45, 7) is 4.15. The topological polar surface area (TPSA) is 12.0 Å². The summed E-state index contributed by atoms with van der Waals surface area (Å²) in [6.07, 6.45) is 2.25. The van der Waals surface area contributed by atoms with Crippen molar-refractivity contribution >= 4 is 5.69 Å². The average Bonchev–Trinajstić information content (AvgIpc) is 2.37. The maximum Gasteiger partial charge on any atom is 0.125 e. The molecule has 0 unspecified atom stereocenters. The van der Waals surface area contributed by atoms with Crippen molar-refractivity contribution < 1.29 is 4.39 Å². The lowest BCUT2D eigenvalue weighted by atomic mass is 9.75. The zero-order valence-electron chi connectivity index (χ0n) is 12.0. The van der Waals surface area contributed by atoms with E-state index in [0.29, 0.717) is 12.0 Å². The van der Waals surface area contributed by atoms with Crippen molar-refractivity contribution in [2.45, 2.75) is 38.6 Å². The third kappa shape index (κ3) is 2.69. The Bertz CT molecular complexity index is 615. The van der Waals surface area contributed by atoms with Gasteiger partial charge in [0.15, 0.2) is 0 Å². The first kappa shape index (κ1) is 13.2. The summed E-state index contributed by atoms with van der Waals surface area (Å²) < 4.78 is 13.3. The molecule has 1 aliphatic rings. The fourth-order valence-electron chi connectivity index (χ4n) is 2.90. The highest BCUT2D eigenvalue weighted by Crippen LogP contribution is 2.39. The molecule has 1 fully saturated rings. The van der Waals surface area contributed by atoms with Crippen LogP contribution >= 0.6 is 0 Å². The van der Waals surface area contributed by atoms with Crippen LogP contribution in [0.3, 0.4) is 0 Å². The first-order valence-electron chi connectivity index (χ1n) is 7.21. The van der Waals surface area contributed by atoms with Crippen molar-refractivity contribution in [3.8, 4) is 0 Å². The van der Waals surface area contributed by atoms with Crippen molar-refractivity contribution in [2.75, 3.05) is 5.32 Å². The van der Waals surface area contributed by atoms with Gasteiger partial charge >= 0.3 is 0 Å². The van der Waals surface area contributed by atoms with Crippen molar-refractivity contribution in [3.05, 3.63) is 65.0 Å². The molecule has 1 saturated carbocycles. The van der Waals surface area contributed by atoms with E-state index in [1.807, 2.05) is 13.0 Å². The SMILES string of the molecule is Cc1cccc(C2CC(Nc3cc(F)ccc3C)C2)c1. The molecule has 2 aromatic rings. The number of nitrogens with one attached hydrogen (secondary N) is 1. The lowest BCUT2D eigenvalue weighted by Crippen LogP contribution is -2.34. The van der Waals surface area contributed by atoms with Gasteiger partial charge in [0.25, 0.3) is 0 Å². The summed E-state index contributed by atoms with van der Waals surface area (Å²) >= 11 is 0. The fraction of sp³-hybridized carbons (Fsp3) is 0.333. The molecule has 0 bridgehead atoms. The molecule has 0 heterocycles. The molecule has 0 atom stereocenters. The Morgan fingerprint density at radius 1 is 1.05 bits per heavy atom. The Morgan fingerprint density at radius 3 is 2.60 bits per heavy atom. The van der Waals surface area contributed by atoms with Gasteiger partial charge in [-0.3, -0.25) is 0 Å². The predicted molar refractivity (Wildman–Crippen MR) is 81.7 cm³/mol. The molecule has 20 heavy (non-hydrogen) atoms. The zero-order chi connectivity index (χ0) is 14.1. The maximum atomic E-state index is 13.3. The van der Waals surface area contributed by atoms with Crippen molar-refractivity contribution in [2.24, 2.45) is 0 Å². The van der Waals surface area contributed by atoms with Crippen molar-refractivity contribution in [1.29, 1.82) is 0 Å². The standard InChI is InChI=1S/C18H20FN/c1-12-4-3-5-14(8-12)15-9-17(10-15)20-18-11-16(19)7-6-13(18)2/h3-8,11,15,17,20H,9-10H2,1-2H3. The van der Waals surface area contributed by atoms with E-state index in [0.717, 1.165) is 24.1 Å². The highest BCUT2D eigenvalue weighted by atomic mass is 19.1. The van der Waals surface area contributed by atoms with E-state index in [1.54, 1.807) is 6.07 Å². The molecule has 1 aliphatic carbocycles. The highest BCUT2D eigenvalue weighted by molar-refractivity contribution is 5.52. The fourth-order valence-corrected chi connectivity index (χ4v) is 2.90. The molecular weight excluding hydrogens is 249 g/mol. The molecule has 0 spiro atoms. The first-order valence-corrected chi connectivity index (χ1v) is 7.21. The molecule has 0 aliphatic heterocycles. The Balaban J connectivity index is 1.62. The first-order chi connectivity index (χ1) is 9.61. The summed E-state index contributed by atoms with van der Waals surface area (Å²) in [5.74, 6) is 0.467. The van der Waals surface area contributed by atoms with E-state index in [4.69, 9.17) is 0 Å². The quantitative estimate of drug-likeness (QED) is 0.844. The second-order valence-electron chi connectivity index (χ2n) is 5.88. The van der Waals surface area contributed by atoms with Gasteiger partial charge in [-0.2, -0.15) is 0 Å². The number of rotatable bonds is 3. The van der Waals surface area contributed by atoms with E-state index in [2.05, 4.69) is 36.5 Å². The lowest BCUT2D eigenvalue weighted by molar-refractivity contribution is 0.374. The molecular formula is C18H20FN. The number of anilines is 1. The molecule has 0 amide bonds. The smallest absolute Gasteiger partial charge is 0.125 e. The molecule has 0 radical (unpaired) electrons. The monoisotopic (exact) mass is 269 g/mol. The minimum atomic E-state index is -0.173. The van der Waals surface area contributed by atoms with Crippen LogP contribution in [0.2, 0.25) is 0 Å². The minimum Gasteiger partial charge on any atom is -0.382 e. The third-order valence-corrected chi connectivity index (χ3v) is 4.21. The van der Waals surface area contributed by atoms with Crippen LogP contribution in [0.15, 0.2) is 42.5 Å². The van der Waals surface area contributed by atoms with Crippen LogP contribution in [0.25, 0.3) is 0 Å². The van der Waals surface area contributed by atoms with Crippen molar-refractivity contribution in [3.63, 3.8) is 0 Å². The van der Waals surface area contributed by atoms with Gasteiger partial charge in [-0.15, -0.1) is 0 Å². The Kier molecular flexibility index (Phi) is 3.47. The summed E-state index contributed by atoms with van der Waals surface area (Å²) in [7, 11) is 0. The van der Waals surface area contributed by atoms with Gasteiger partial charge in [0.2, 0.25) is 0 Å². The molecule has 104 valence electrons. The lowest BCUT2D eigenvalue weighted by Gasteiger charge is -2.37. The largest absolute Gasteiger partial charge is 0.382 e. The maximum absolute atomic E-state index is 13.3. The van der Waals surface area contributed by atoms with Crippen molar-refractivity contribution in [1.82, 2.24) is 0 Å². The van der Waals surface area contributed by atoms with Crippen LogP contribution in [0.1, 0.15) is 35.4 Å². The molecule has 3 rings (SSSR count). The van der Waals surface area contributed by atoms with Gasteiger partial charge in [-0.05, 0) is 55.9 Å². The van der Waals surface area contributed by atoms with Crippen LogP contribution < -0.4 is 5.32 Å². The number of halogens is 1. The van der Waals surface area contributed by atoms with Crippen LogP contribution in [0.5, 0.6) is 0 Å². The minimum absolute atomic E-state index is 0.173. The molecule has 0 saturated heterocycles. The summed E-state index contributed by atoms with van der Waals surface area (Å²) in [5.41, 5.74) is 4.78. The second kappa shape index (κ2) is 5.28. The van der Waals surface area contributed by atoms with Crippen LogP contribution in [0, 0.1) is 19.7 Å². The summed E-state index contributed by atoms with van der Waals surface area (Å²) in [6, 6.07) is 14.1. The molecule has 2 heteroatoms. The van der Waals surface area contributed by atoms with Gasteiger partial charge < -0.3 is 5.32 Å². The molecule has 0 aromatic heterocycles. The normalized spacial score (nSPS) is 21.4. The van der Waals surface area contributed by atoms with E-state index in [-0.39, 0.29) is 5.82 Å². The van der Waals surface area contributed by atoms with Crippen LogP contribution in [0.4, 0.5) is 10.1 Å². The molecule has 2 aromatic carbocycles. The van der Waals surface area contributed by atoms with Gasteiger partial charge in [0, 0.05) is 11.7 Å². The number of aryl methyl sites for hydroxylation is 2. The highest BCUT2D eigenvalue weighted by Gasteiger charge is 2.30. The number of hydrogen-bond donors (Lipinski definition) is 1. The van der Waals surface area contributed by atoms with Crippen LogP contribution in [-0.2, 0) is 0 Å². The summed E-state index contributed by atoms with van der Waals surface area (Å²) in [4.78, 5) is 0. The average molecular weight is 269 g/mol. The second-order valence-corrected chi connectivity index (χ2v) is 5.88. The number of hydrogen-bond acceptors (Lipinski definition) is 1. The van der Waals surface area contributed by atoms with E-state index < -0.39 is 0 Å². The zero-order valence-corrected chi connectivity index (χ0v) is 12.0. The van der Waals surface area contributed by atoms with Gasteiger partial charge in [0.05, 0.1) is 0 Å². The van der Waals surface area contributed by atoms with Gasteiger partial charge in [-0.25, -0.2) is 4.39 Å². The molecule has 1 N–H and O–H groups in total. The van der Waals surface area contributed by atoms with Gasteiger partial charge in [0.1, 0.15) is 5.82 Å². The Morgan fingerprint density at radius 2 is 1.85 bits per heavy atom. The number of benzene rings is 2. The van der Waals surface area contributed by atoms with E-state index >= 15 is 0 Å². The van der Waals surface area contributed by atoms with Crippen LogP contribution in [-0.4, -0.2) is 6.04 Å². The Hall–Kier alpha value is -1.83. The van der Waals surface area contributed by atoms with Gasteiger partial charge in [-0.1, -0.05) is 35.9 Å². The predicted octanol–water partition coefficient (Wildman–Crippen LogP) is 4.80. The summed E-state index contributed by atoms with van der Waals surface area (Å²) in [5, 5.41) is 3.46. The van der Waals surface area contributed by atoms with E-state index in [1.165, 1.54) is 17.2 Å². The van der Waals surface area contributed by atoms with E-state index in [9.17, 15) is 4.39 Å². The molecule has 1 nitrogen and oxygen atoms in total. The Labute approximate surface area is 119 Å².